The van der Waals surface area contributed by atoms with Crippen molar-refractivity contribution in [3.63, 3.8) is 0 Å². The zero-order chi connectivity index (χ0) is 24.6. The van der Waals surface area contributed by atoms with Crippen LogP contribution in [0.25, 0.3) is 6.08 Å². The van der Waals surface area contributed by atoms with E-state index in [1.54, 1.807) is 44.2 Å². The molecule has 0 amide bonds. The number of fused-ring (bicyclic) bond motifs is 1. The molecule has 1 atom stereocenters. The predicted molar refractivity (Wildman–Crippen MR) is 130 cm³/mol. The smallest absolute Gasteiger partial charge is 0.338 e. The predicted octanol–water partition coefficient (Wildman–Crippen LogP) is 4.01. The van der Waals surface area contributed by atoms with E-state index in [4.69, 9.17) is 27.9 Å². The maximum atomic E-state index is 13.5. The average molecular weight is 518 g/mol. The molecule has 8 nitrogen and oxygen atoms in total. The number of esters is 1. The minimum absolute atomic E-state index is 0.122. The normalized spacial score (nSPS) is 15.6. The summed E-state index contributed by atoms with van der Waals surface area (Å²) in [4.78, 5) is 42.1. The third kappa shape index (κ3) is 4.42. The zero-order valence-electron chi connectivity index (χ0n) is 18.0. The van der Waals surface area contributed by atoms with Crippen molar-refractivity contribution >= 4 is 52.3 Å². The van der Waals surface area contributed by atoms with Crippen molar-refractivity contribution in [1.82, 2.24) is 4.57 Å². The van der Waals surface area contributed by atoms with Gasteiger partial charge < -0.3 is 4.74 Å². The Hall–Kier alpha value is -3.27. The summed E-state index contributed by atoms with van der Waals surface area (Å²) >= 11 is 13.4. The van der Waals surface area contributed by atoms with E-state index in [2.05, 4.69) is 4.99 Å². The van der Waals surface area contributed by atoms with E-state index in [0.717, 1.165) is 11.3 Å². The van der Waals surface area contributed by atoms with Crippen molar-refractivity contribution in [2.75, 3.05) is 6.61 Å². The van der Waals surface area contributed by atoms with Gasteiger partial charge in [-0.3, -0.25) is 19.5 Å². The van der Waals surface area contributed by atoms with Crippen molar-refractivity contribution in [2.45, 2.75) is 19.9 Å². The lowest BCUT2D eigenvalue weighted by Crippen LogP contribution is -2.40. The van der Waals surface area contributed by atoms with Crippen LogP contribution in [0.15, 0.2) is 63.5 Å². The molecule has 4 rings (SSSR count). The number of carbonyl (C=O) groups is 1. The van der Waals surface area contributed by atoms with E-state index < -0.39 is 22.5 Å². The van der Waals surface area contributed by atoms with Crippen LogP contribution in [0, 0.1) is 10.1 Å². The number of carbonyl (C=O) groups excluding carboxylic acids is 1. The lowest BCUT2D eigenvalue weighted by Gasteiger charge is -2.24. The van der Waals surface area contributed by atoms with Crippen LogP contribution in [0.4, 0.5) is 5.69 Å². The molecule has 1 aliphatic rings. The van der Waals surface area contributed by atoms with Crippen LogP contribution >= 0.6 is 34.5 Å². The lowest BCUT2D eigenvalue weighted by molar-refractivity contribution is -0.384. The van der Waals surface area contributed by atoms with Crippen molar-refractivity contribution in [3.8, 4) is 0 Å². The number of rotatable bonds is 5. The van der Waals surface area contributed by atoms with Gasteiger partial charge in [0, 0.05) is 22.2 Å². The number of ether oxygens (including phenoxy) is 1. The SMILES string of the molecule is CCOC(=O)C1=C(C)N=c2s/c(=C/c3ccc(Cl)cc3Cl)c(=O)n2[C@@H]1c1cccc([N+](=O)[O-])c1. The molecule has 1 aromatic heterocycles. The van der Waals surface area contributed by atoms with E-state index in [1.807, 2.05) is 0 Å². The quantitative estimate of drug-likeness (QED) is 0.289. The van der Waals surface area contributed by atoms with Crippen LogP contribution < -0.4 is 14.9 Å². The molecule has 3 aromatic rings. The number of hydrogen-bond donors (Lipinski definition) is 0. The molecule has 0 unspecified atom stereocenters. The second kappa shape index (κ2) is 9.54. The first-order valence-electron chi connectivity index (χ1n) is 10.1. The van der Waals surface area contributed by atoms with Crippen LogP contribution in [-0.2, 0) is 9.53 Å². The maximum absolute atomic E-state index is 13.5. The Kier molecular flexibility index (Phi) is 6.70. The van der Waals surface area contributed by atoms with E-state index in [9.17, 15) is 19.7 Å². The van der Waals surface area contributed by atoms with Crippen LogP contribution in [0.2, 0.25) is 10.0 Å². The molecule has 1 aliphatic heterocycles. The maximum Gasteiger partial charge on any atom is 0.338 e. The monoisotopic (exact) mass is 517 g/mol. The summed E-state index contributed by atoms with van der Waals surface area (Å²) < 4.78 is 6.91. The fraction of sp³-hybridized carbons (Fsp3) is 0.174. The van der Waals surface area contributed by atoms with Gasteiger partial charge in [0.15, 0.2) is 4.80 Å². The van der Waals surface area contributed by atoms with E-state index in [1.165, 1.54) is 22.8 Å². The summed E-state index contributed by atoms with van der Waals surface area (Å²) in [6, 6.07) is 9.80. The molecule has 0 spiro atoms. The highest BCUT2D eigenvalue weighted by Crippen LogP contribution is 2.32. The minimum atomic E-state index is -0.946. The van der Waals surface area contributed by atoms with Gasteiger partial charge in [-0.05, 0) is 43.2 Å². The molecular weight excluding hydrogens is 501 g/mol. The molecule has 0 radical (unpaired) electrons. The summed E-state index contributed by atoms with van der Waals surface area (Å²) in [5.41, 5.74) is 0.914. The van der Waals surface area contributed by atoms with Crippen molar-refractivity contribution in [1.29, 1.82) is 0 Å². The number of halogens is 2. The highest BCUT2D eigenvalue weighted by Gasteiger charge is 2.34. The summed E-state index contributed by atoms with van der Waals surface area (Å²) in [6.07, 6.45) is 1.62. The molecule has 0 N–H and O–H groups in total. The first-order chi connectivity index (χ1) is 16.2. The zero-order valence-corrected chi connectivity index (χ0v) is 20.3. The van der Waals surface area contributed by atoms with Crippen LogP contribution in [-0.4, -0.2) is 22.1 Å². The van der Waals surface area contributed by atoms with Crippen molar-refractivity contribution in [2.24, 2.45) is 4.99 Å². The second-order valence-electron chi connectivity index (χ2n) is 7.32. The molecule has 0 saturated heterocycles. The van der Waals surface area contributed by atoms with Gasteiger partial charge in [0.05, 0.1) is 33.4 Å². The van der Waals surface area contributed by atoms with Gasteiger partial charge in [0.25, 0.3) is 11.2 Å². The van der Waals surface area contributed by atoms with Gasteiger partial charge in [0.2, 0.25) is 0 Å². The fourth-order valence-electron chi connectivity index (χ4n) is 3.68. The number of hydrogen-bond acceptors (Lipinski definition) is 7. The Morgan fingerprint density at radius 1 is 1.29 bits per heavy atom. The average Bonchev–Trinajstić information content (AvgIpc) is 3.09. The molecular formula is C23H17Cl2N3O5S. The second-order valence-corrected chi connectivity index (χ2v) is 9.17. The number of aromatic nitrogens is 1. The summed E-state index contributed by atoms with van der Waals surface area (Å²) in [5, 5.41) is 12.2. The molecule has 34 heavy (non-hydrogen) atoms. The summed E-state index contributed by atoms with van der Waals surface area (Å²) in [6.45, 7) is 3.43. The number of nitro benzene ring substituents is 1. The summed E-state index contributed by atoms with van der Waals surface area (Å²) in [5.74, 6) is -0.643. The van der Waals surface area contributed by atoms with Crippen molar-refractivity contribution < 1.29 is 14.5 Å². The molecule has 0 aliphatic carbocycles. The molecule has 11 heteroatoms. The Labute approximate surface area is 207 Å². The molecule has 2 aromatic carbocycles. The van der Waals surface area contributed by atoms with Crippen LogP contribution in [0.1, 0.15) is 31.0 Å². The number of nitrogens with zero attached hydrogens (tertiary/aromatic N) is 3. The fourth-order valence-corrected chi connectivity index (χ4v) is 5.18. The van der Waals surface area contributed by atoms with Gasteiger partial charge >= 0.3 is 5.97 Å². The van der Waals surface area contributed by atoms with E-state index in [-0.39, 0.29) is 17.9 Å². The first-order valence-corrected chi connectivity index (χ1v) is 11.7. The Morgan fingerprint density at radius 3 is 2.74 bits per heavy atom. The number of non-ortho nitro benzene ring substituents is 1. The largest absolute Gasteiger partial charge is 0.463 e. The molecule has 0 fully saturated rings. The van der Waals surface area contributed by atoms with Gasteiger partial charge in [-0.25, -0.2) is 9.79 Å². The van der Waals surface area contributed by atoms with Crippen LogP contribution in [0.3, 0.4) is 0 Å². The minimum Gasteiger partial charge on any atom is -0.463 e. The summed E-state index contributed by atoms with van der Waals surface area (Å²) in [7, 11) is 0. The topological polar surface area (TPSA) is 104 Å². The third-order valence-electron chi connectivity index (χ3n) is 5.16. The van der Waals surface area contributed by atoms with Crippen molar-refractivity contribution in [3.05, 3.63) is 105 Å². The van der Waals surface area contributed by atoms with E-state index >= 15 is 0 Å². The molecule has 0 bridgehead atoms. The van der Waals surface area contributed by atoms with Gasteiger partial charge in [-0.1, -0.05) is 52.7 Å². The molecule has 174 valence electrons. The Balaban J connectivity index is 1.98. The number of allylic oxidation sites excluding steroid dienone is 1. The van der Waals surface area contributed by atoms with Gasteiger partial charge in [-0.15, -0.1) is 0 Å². The lowest BCUT2D eigenvalue weighted by atomic mass is 9.95. The number of thiazole rings is 1. The number of benzene rings is 2. The number of nitro groups is 1. The molecule has 2 heterocycles. The first kappa shape index (κ1) is 23.9. The van der Waals surface area contributed by atoms with Crippen LogP contribution in [0.5, 0.6) is 0 Å². The Bertz CT molecular complexity index is 1540. The highest BCUT2D eigenvalue weighted by atomic mass is 35.5. The van der Waals surface area contributed by atoms with Gasteiger partial charge in [0.1, 0.15) is 0 Å². The Morgan fingerprint density at radius 2 is 2.06 bits per heavy atom. The highest BCUT2D eigenvalue weighted by molar-refractivity contribution is 7.07. The van der Waals surface area contributed by atoms with E-state index in [0.29, 0.717) is 36.2 Å². The standard InChI is InChI=1S/C23H17Cl2N3O5S/c1-3-33-22(30)19-12(2)26-23-27(20(19)14-5-4-6-16(9-14)28(31)32)21(29)18(34-23)10-13-7-8-15(24)11-17(13)25/h4-11,20H,3H2,1-2H3/b18-10+/t20-/m1/s1. The molecule has 0 saturated carbocycles. The third-order valence-corrected chi connectivity index (χ3v) is 6.71. The van der Waals surface area contributed by atoms with Gasteiger partial charge in [-0.2, -0.15) is 0 Å².